The van der Waals surface area contributed by atoms with Gasteiger partial charge in [0.15, 0.2) is 0 Å². The monoisotopic (exact) mass is 263 g/mol. The Bertz CT molecular complexity index is 424. The second kappa shape index (κ2) is 6.10. The molecule has 0 radical (unpaired) electrons. The molecule has 0 spiro atoms. The zero-order valence-electron chi connectivity index (χ0n) is 11.4. The predicted octanol–water partition coefficient (Wildman–Crippen LogP) is 1.74. The summed E-state index contributed by atoms with van der Waals surface area (Å²) in [5, 5.41) is 9.59. The third-order valence-corrected chi connectivity index (χ3v) is 4.10. The van der Waals surface area contributed by atoms with Gasteiger partial charge in [0.05, 0.1) is 5.69 Å². The molecule has 1 N–H and O–H groups in total. The van der Waals surface area contributed by atoms with Crippen molar-refractivity contribution >= 4 is 5.97 Å². The van der Waals surface area contributed by atoms with Gasteiger partial charge in [0, 0.05) is 18.6 Å². The van der Waals surface area contributed by atoms with Crippen LogP contribution in [-0.4, -0.2) is 45.1 Å². The Kier molecular flexibility index (Phi) is 4.47. The highest BCUT2D eigenvalue weighted by atomic mass is 16.4. The number of likely N-dealkylation sites (N-methyl/N-ethyl adjacent to an activating group) is 1. The molecule has 1 aromatic heterocycles. The van der Waals surface area contributed by atoms with Gasteiger partial charge in [-0.25, -0.2) is 0 Å². The molecule has 5 nitrogen and oxygen atoms in total. The van der Waals surface area contributed by atoms with E-state index in [0.29, 0.717) is 6.42 Å². The fourth-order valence-corrected chi connectivity index (χ4v) is 2.89. The first-order valence-corrected chi connectivity index (χ1v) is 6.85. The normalized spacial score (nSPS) is 24.3. The molecule has 0 bridgehead atoms. The first-order valence-electron chi connectivity index (χ1n) is 6.85. The number of aliphatic carboxylic acids is 1. The van der Waals surface area contributed by atoms with Crippen LogP contribution in [0.2, 0.25) is 0 Å². The molecule has 0 aliphatic carbocycles. The number of likely N-dealkylation sites (tertiary alicyclic amines) is 1. The van der Waals surface area contributed by atoms with Gasteiger partial charge in [-0.05, 0) is 52.1 Å². The predicted molar refractivity (Wildman–Crippen MR) is 71.8 cm³/mol. The van der Waals surface area contributed by atoms with Crippen molar-refractivity contribution in [3.8, 4) is 0 Å². The highest BCUT2D eigenvalue weighted by Gasteiger charge is 2.43. The van der Waals surface area contributed by atoms with Crippen molar-refractivity contribution < 1.29 is 9.90 Å². The SMILES string of the molecule is CN1CCCC[C@@]1(CCCc1cnccn1)C(=O)O. The summed E-state index contributed by atoms with van der Waals surface area (Å²) in [5.74, 6) is -0.686. The van der Waals surface area contributed by atoms with Crippen LogP contribution in [0.1, 0.15) is 37.8 Å². The van der Waals surface area contributed by atoms with Gasteiger partial charge >= 0.3 is 5.97 Å². The third-order valence-electron chi connectivity index (χ3n) is 4.10. The molecule has 2 heterocycles. The Hall–Kier alpha value is -1.49. The molecule has 1 atom stereocenters. The Balaban J connectivity index is 1.96. The van der Waals surface area contributed by atoms with E-state index >= 15 is 0 Å². The molecule has 5 heteroatoms. The number of piperidine rings is 1. The lowest BCUT2D eigenvalue weighted by Crippen LogP contribution is -2.55. The van der Waals surface area contributed by atoms with Gasteiger partial charge < -0.3 is 5.11 Å². The first kappa shape index (κ1) is 13.9. The summed E-state index contributed by atoms with van der Waals surface area (Å²) in [6, 6.07) is 0. The Morgan fingerprint density at radius 1 is 1.47 bits per heavy atom. The molecule has 1 saturated heterocycles. The molecule has 19 heavy (non-hydrogen) atoms. The highest BCUT2D eigenvalue weighted by Crippen LogP contribution is 2.32. The number of aromatic nitrogens is 2. The summed E-state index contributed by atoms with van der Waals surface area (Å²) >= 11 is 0. The first-order chi connectivity index (χ1) is 9.15. The molecule has 1 aromatic rings. The van der Waals surface area contributed by atoms with Crippen LogP contribution in [0.3, 0.4) is 0 Å². The lowest BCUT2D eigenvalue weighted by Gasteiger charge is -2.42. The largest absolute Gasteiger partial charge is 0.480 e. The van der Waals surface area contributed by atoms with Crippen molar-refractivity contribution in [3.05, 3.63) is 24.3 Å². The van der Waals surface area contributed by atoms with Crippen LogP contribution in [0.4, 0.5) is 0 Å². The Labute approximate surface area is 113 Å². The van der Waals surface area contributed by atoms with Crippen molar-refractivity contribution in [2.45, 2.75) is 44.1 Å². The fraction of sp³-hybridized carbons (Fsp3) is 0.643. The average Bonchev–Trinajstić information content (AvgIpc) is 2.42. The van der Waals surface area contributed by atoms with Crippen LogP contribution in [0.25, 0.3) is 0 Å². The van der Waals surface area contributed by atoms with Gasteiger partial charge in [-0.2, -0.15) is 0 Å². The molecular weight excluding hydrogens is 242 g/mol. The minimum atomic E-state index is -0.686. The van der Waals surface area contributed by atoms with Gasteiger partial charge in [-0.3, -0.25) is 19.7 Å². The van der Waals surface area contributed by atoms with E-state index in [0.717, 1.165) is 44.3 Å². The molecule has 0 saturated carbocycles. The van der Waals surface area contributed by atoms with Crippen LogP contribution >= 0.6 is 0 Å². The number of hydrogen-bond acceptors (Lipinski definition) is 4. The molecular formula is C14H21N3O2. The molecule has 0 unspecified atom stereocenters. The van der Waals surface area contributed by atoms with Crippen LogP contribution < -0.4 is 0 Å². The lowest BCUT2D eigenvalue weighted by atomic mass is 9.82. The van der Waals surface area contributed by atoms with Gasteiger partial charge in [0.2, 0.25) is 0 Å². The number of carboxylic acids is 1. The summed E-state index contributed by atoms with van der Waals surface area (Å²) in [5.41, 5.74) is 0.252. The smallest absolute Gasteiger partial charge is 0.324 e. The van der Waals surface area contributed by atoms with Crippen molar-refractivity contribution in [1.82, 2.24) is 14.9 Å². The van der Waals surface area contributed by atoms with Crippen LogP contribution in [0.15, 0.2) is 18.6 Å². The summed E-state index contributed by atoms with van der Waals surface area (Å²) in [6.07, 6.45) is 10.2. The quantitative estimate of drug-likeness (QED) is 0.876. The topological polar surface area (TPSA) is 66.3 Å². The standard InChI is InChI=1S/C14H21N3O2/c1-17-10-3-2-6-14(17,13(18)19)7-4-5-12-11-15-8-9-16-12/h8-9,11H,2-7,10H2,1H3,(H,18,19)/t14-/m1/s1. The minimum absolute atomic E-state index is 0.676. The summed E-state index contributed by atoms with van der Waals surface area (Å²) in [7, 11) is 1.93. The highest BCUT2D eigenvalue weighted by molar-refractivity contribution is 5.78. The molecule has 2 rings (SSSR count). The Morgan fingerprint density at radius 3 is 2.95 bits per heavy atom. The van der Waals surface area contributed by atoms with Crippen molar-refractivity contribution in [3.63, 3.8) is 0 Å². The zero-order chi connectivity index (χ0) is 13.7. The number of rotatable bonds is 5. The maximum absolute atomic E-state index is 11.7. The van der Waals surface area contributed by atoms with E-state index in [1.165, 1.54) is 0 Å². The third kappa shape index (κ3) is 3.10. The van der Waals surface area contributed by atoms with Gasteiger partial charge in [0.25, 0.3) is 0 Å². The second-order valence-electron chi connectivity index (χ2n) is 5.27. The van der Waals surface area contributed by atoms with E-state index in [4.69, 9.17) is 0 Å². The molecule has 1 aliphatic rings. The molecule has 104 valence electrons. The Morgan fingerprint density at radius 2 is 2.32 bits per heavy atom. The maximum Gasteiger partial charge on any atom is 0.324 e. The van der Waals surface area contributed by atoms with Crippen LogP contribution in [0.5, 0.6) is 0 Å². The van der Waals surface area contributed by atoms with E-state index < -0.39 is 11.5 Å². The van der Waals surface area contributed by atoms with E-state index in [1.54, 1.807) is 18.6 Å². The van der Waals surface area contributed by atoms with Crippen LogP contribution in [0, 0.1) is 0 Å². The molecule has 1 fully saturated rings. The van der Waals surface area contributed by atoms with Crippen LogP contribution in [-0.2, 0) is 11.2 Å². The van der Waals surface area contributed by atoms with Crippen molar-refractivity contribution in [2.24, 2.45) is 0 Å². The maximum atomic E-state index is 11.7. The van der Waals surface area contributed by atoms with Gasteiger partial charge in [-0.15, -0.1) is 0 Å². The molecule has 1 aliphatic heterocycles. The second-order valence-corrected chi connectivity index (χ2v) is 5.27. The van der Waals surface area contributed by atoms with E-state index in [2.05, 4.69) is 9.97 Å². The van der Waals surface area contributed by atoms with Gasteiger partial charge in [-0.1, -0.05) is 0 Å². The summed E-state index contributed by atoms with van der Waals surface area (Å²) < 4.78 is 0. The summed E-state index contributed by atoms with van der Waals surface area (Å²) in [6.45, 7) is 0.872. The molecule has 0 amide bonds. The fourth-order valence-electron chi connectivity index (χ4n) is 2.89. The number of aryl methyl sites for hydroxylation is 1. The molecule has 0 aromatic carbocycles. The zero-order valence-corrected chi connectivity index (χ0v) is 11.4. The number of hydrogen-bond donors (Lipinski definition) is 1. The van der Waals surface area contributed by atoms with Crippen molar-refractivity contribution in [1.29, 1.82) is 0 Å². The van der Waals surface area contributed by atoms with Gasteiger partial charge in [0.1, 0.15) is 5.54 Å². The van der Waals surface area contributed by atoms with Crippen molar-refractivity contribution in [2.75, 3.05) is 13.6 Å². The lowest BCUT2D eigenvalue weighted by molar-refractivity contribution is -0.153. The number of carbonyl (C=O) groups is 1. The minimum Gasteiger partial charge on any atom is -0.480 e. The number of carboxylic acid groups (broad SMARTS) is 1. The summed E-state index contributed by atoms with van der Waals surface area (Å²) in [4.78, 5) is 21.9. The average molecular weight is 263 g/mol. The van der Waals surface area contributed by atoms with E-state index in [1.807, 2.05) is 11.9 Å². The van der Waals surface area contributed by atoms with E-state index in [-0.39, 0.29) is 0 Å². The number of nitrogens with zero attached hydrogens (tertiary/aromatic N) is 3. The van der Waals surface area contributed by atoms with E-state index in [9.17, 15) is 9.90 Å².